The highest BCUT2D eigenvalue weighted by Gasteiger charge is 2.19. The van der Waals surface area contributed by atoms with Crippen LogP contribution in [-0.4, -0.2) is 4.98 Å². The van der Waals surface area contributed by atoms with Crippen LogP contribution in [0.25, 0.3) is 0 Å². The van der Waals surface area contributed by atoms with Crippen molar-refractivity contribution < 1.29 is 4.74 Å². The van der Waals surface area contributed by atoms with Gasteiger partial charge in [0.15, 0.2) is 0 Å². The number of aromatic nitrogens is 1. The molecule has 0 aliphatic heterocycles. The van der Waals surface area contributed by atoms with Crippen LogP contribution in [0.4, 0.5) is 0 Å². The third-order valence-electron chi connectivity index (χ3n) is 3.05. The number of hydrogen-bond donors (Lipinski definition) is 0. The van der Waals surface area contributed by atoms with Crippen molar-refractivity contribution in [2.45, 2.75) is 39.0 Å². The topological polar surface area (TPSA) is 22.1 Å². The molecule has 0 fully saturated rings. The van der Waals surface area contributed by atoms with Gasteiger partial charge in [-0.3, -0.25) is 0 Å². The van der Waals surface area contributed by atoms with Crippen molar-refractivity contribution in [2.75, 3.05) is 0 Å². The molecule has 0 aliphatic carbocycles. The van der Waals surface area contributed by atoms with Crippen molar-refractivity contribution in [3.8, 4) is 11.6 Å². The van der Waals surface area contributed by atoms with Crippen LogP contribution in [0.3, 0.4) is 0 Å². The van der Waals surface area contributed by atoms with Gasteiger partial charge in [0, 0.05) is 23.2 Å². The average molecular weight is 290 g/mol. The Bertz CT molecular complexity index is 602. The highest BCUT2D eigenvalue weighted by Crippen LogP contribution is 2.33. The number of rotatable bonds is 3. The standard InChI is InChI=1S/C17H20ClNO/c1-12-9-13(11-18)10-16(19-12)20-15-8-6-5-7-14(15)17(2,3)4/h5-10H,11H2,1-4H3. The summed E-state index contributed by atoms with van der Waals surface area (Å²) in [4.78, 5) is 4.42. The Balaban J connectivity index is 2.38. The fraction of sp³-hybridized carbons (Fsp3) is 0.353. The zero-order chi connectivity index (χ0) is 14.8. The first kappa shape index (κ1) is 14.9. The molecular weight excluding hydrogens is 270 g/mol. The van der Waals surface area contributed by atoms with Crippen molar-refractivity contribution >= 4 is 11.6 Å². The van der Waals surface area contributed by atoms with E-state index in [1.54, 1.807) is 0 Å². The van der Waals surface area contributed by atoms with Gasteiger partial charge in [-0.1, -0.05) is 39.0 Å². The number of ether oxygens (including phenoxy) is 1. The predicted molar refractivity (Wildman–Crippen MR) is 83.7 cm³/mol. The van der Waals surface area contributed by atoms with Crippen molar-refractivity contribution in [1.82, 2.24) is 4.98 Å². The molecule has 0 bridgehead atoms. The quantitative estimate of drug-likeness (QED) is 0.723. The number of nitrogens with zero attached hydrogens (tertiary/aromatic N) is 1. The minimum Gasteiger partial charge on any atom is -0.439 e. The lowest BCUT2D eigenvalue weighted by atomic mass is 9.86. The summed E-state index contributed by atoms with van der Waals surface area (Å²) in [5.74, 6) is 1.90. The molecule has 0 N–H and O–H groups in total. The molecule has 0 saturated carbocycles. The fourth-order valence-corrected chi connectivity index (χ4v) is 2.28. The maximum atomic E-state index is 5.99. The van der Waals surface area contributed by atoms with Crippen LogP contribution in [0.15, 0.2) is 36.4 Å². The molecule has 0 amide bonds. The molecule has 0 unspecified atom stereocenters. The number of halogens is 1. The lowest BCUT2D eigenvalue weighted by molar-refractivity contribution is 0.438. The van der Waals surface area contributed by atoms with Gasteiger partial charge in [-0.2, -0.15) is 0 Å². The Morgan fingerprint density at radius 2 is 1.85 bits per heavy atom. The number of alkyl halides is 1. The molecule has 2 aromatic rings. The molecule has 0 atom stereocenters. The van der Waals surface area contributed by atoms with Crippen LogP contribution >= 0.6 is 11.6 Å². The fourth-order valence-electron chi connectivity index (χ4n) is 2.12. The zero-order valence-corrected chi connectivity index (χ0v) is 13.2. The van der Waals surface area contributed by atoms with Crippen molar-refractivity contribution in [3.63, 3.8) is 0 Å². The molecule has 3 heteroatoms. The number of hydrogen-bond acceptors (Lipinski definition) is 2. The summed E-state index contributed by atoms with van der Waals surface area (Å²) in [5.41, 5.74) is 3.11. The Kier molecular flexibility index (Phi) is 4.34. The first-order chi connectivity index (χ1) is 9.40. The van der Waals surface area contributed by atoms with E-state index < -0.39 is 0 Å². The van der Waals surface area contributed by atoms with Crippen LogP contribution in [0, 0.1) is 6.92 Å². The molecule has 2 rings (SSSR count). The normalized spacial score (nSPS) is 11.4. The number of pyridine rings is 1. The number of para-hydroxylation sites is 1. The van der Waals surface area contributed by atoms with E-state index in [0.717, 1.165) is 22.6 Å². The van der Waals surface area contributed by atoms with Gasteiger partial charge in [0.2, 0.25) is 5.88 Å². The maximum Gasteiger partial charge on any atom is 0.219 e. The van der Waals surface area contributed by atoms with Gasteiger partial charge in [0.25, 0.3) is 0 Å². The average Bonchev–Trinajstić information content (AvgIpc) is 2.37. The van der Waals surface area contributed by atoms with E-state index in [4.69, 9.17) is 16.3 Å². The minimum atomic E-state index is 0.0235. The largest absolute Gasteiger partial charge is 0.439 e. The van der Waals surface area contributed by atoms with Gasteiger partial charge >= 0.3 is 0 Å². The predicted octanol–water partition coefficient (Wildman–Crippen LogP) is 5.22. The molecule has 106 valence electrons. The van der Waals surface area contributed by atoms with Gasteiger partial charge in [-0.05, 0) is 30.0 Å². The van der Waals surface area contributed by atoms with Gasteiger partial charge in [0.1, 0.15) is 5.75 Å². The zero-order valence-electron chi connectivity index (χ0n) is 12.4. The van der Waals surface area contributed by atoms with Gasteiger partial charge < -0.3 is 4.74 Å². The van der Waals surface area contributed by atoms with Gasteiger partial charge in [-0.25, -0.2) is 4.98 Å². The second-order valence-corrected chi connectivity index (χ2v) is 6.20. The highest BCUT2D eigenvalue weighted by atomic mass is 35.5. The van der Waals surface area contributed by atoms with Crippen LogP contribution < -0.4 is 4.74 Å². The van der Waals surface area contributed by atoms with Crippen LogP contribution in [0.5, 0.6) is 11.6 Å². The van der Waals surface area contributed by atoms with E-state index in [2.05, 4.69) is 31.8 Å². The van der Waals surface area contributed by atoms with Gasteiger partial charge in [0.05, 0.1) is 0 Å². The van der Waals surface area contributed by atoms with Crippen LogP contribution in [0.2, 0.25) is 0 Å². The lowest BCUT2D eigenvalue weighted by Crippen LogP contribution is -2.12. The summed E-state index contributed by atoms with van der Waals surface area (Å²) < 4.78 is 5.99. The summed E-state index contributed by atoms with van der Waals surface area (Å²) in [6.07, 6.45) is 0. The molecular formula is C17H20ClNO. The molecule has 0 saturated heterocycles. The van der Waals surface area contributed by atoms with Crippen LogP contribution in [0.1, 0.15) is 37.6 Å². The maximum absolute atomic E-state index is 5.99. The highest BCUT2D eigenvalue weighted by molar-refractivity contribution is 6.17. The third kappa shape index (κ3) is 3.51. The Morgan fingerprint density at radius 1 is 1.15 bits per heavy atom. The van der Waals surface area contributed by atoms with Crippen molar-refractivity contribution in [3.05, 3.63) is 53.2 Å². The number of benzene rings is 1. The second kappa shape index (κ2) is 5.84. The second-order valence-electron chi connectivity index (χ2n) is 5.94. The molecule has 1 aromatic carbocycles. The Morgan fingerprint density at radius 3 is 2.50 bits per heavy atom. The minimum absolute atomic E-state index is 0.0235. The third-order valence-corrected chi connectivity index (χ3v) is 3.36. The summed E-state index contributed by atoms with van der Waals surface area (Å²) in [6, 6.07) is 11.9. The van der Waals surface area contributed by atoms with E-state index in [0.29, 0.717) is 11.8 Å². The summed E-state index contributed by atoms with van der Waals surface area (Å²) in [5, 5.41) is 0. The van der Waals surface area contributed by atoms with E-state index in [1.165, 1.54) is 0 Å². The smallest absolute Gasteiger partial charge is 0.219 e. The van der Waals surface area contributed by atoms with E-state index >= 15 is 0 Å². The molecule has 0 aliphatic rings. The summed E-state index contributed by atoms with van der Waals surface area (Å²) >= 11 is 5.89. The number of aryl methyl sites for hydroxylation is 1. The Hall–Kier alpha value is -1.54. The van der Waals surface area contributed by atoms with Crippen LogP contribution in [-0.2, 0) is 11.3 Å². The van der Waals surface area contributed by atoms with E-state index in [-0.39, 0.29) is 5.41 Å². The summed E-state index contributed by atoms with van der Waals surface area (Å²) in [6.45, 7) is 8.45. The molecule has 0 spiro atoms. The van der Waals surface area contributed by atoms with E-state index in [9.17, 15) is 0 Å². The van der Waals surface area contributed by atoms with Gasteiger partial charge in [-0.15, -0.1) is 11.6 Å². The SMILES string of the molecule is Cc1cc(CCl)cc(Oc2ccccc2C(C)(C)C)n1. The van der Waals surface area contributed by atoms with Crippen molar-refractivity contribution in [2.24, 2.45) is 0 Å². The monoisotopic (exact) mass is 289 g/mol. The molecule has 2 nitrogen and oxygen atoms in total. The first-order valence-electron chi connectivity index (χ1n) is 6.71. The Labute approximate surface area is 125 Å². The molecule has 1 heterocycles. The lowest BCUT2D eigenvalue weighted by Gasteiger charge is -2.22. The molecule has 1 aromatic heterocycles. The summed E-state index contributed by atoms with van der Waals surface area (Å²) in [7, 11) is 0. The van der Waals surface area contributed by atoms with E-state index in [1.807, 2.05) is 37.3 Å². The molecule has 0 radical (unpaired) electrons. The molecule has 20 heavy (non-hydrogen) atoms. The first-order valence-corrected chi connectivity index (χ1v) is 7.24. The van der Waals surface area contributed by atoms with Crippen molar-refractivity contribution in [1.29, 1.82) is 0 Å².